The first-order valence-corrected chi connectivity index (χ1v) is 6.18. The fourth-order valence-corrected chi connectivity index (χ4v) is 2.63. The number of nitrogens with zero attached hydrogens (tertiary/aromatic N) is 1. The van der Waals surface area contributed by atoms with E-state index in [1.165, 1.54) is 11.1 Å². The van der Waals surface area contributed by atoms with Crippen LogP contribution in [-0.2, 0) is 4.79 Å². The summed E-state index contributed by atoms with van der Waals surface area (Å²) in [5, 5.41) is 0. The summed E-state index contributed by atoms with van der Waals surface area (Å²) in [6, 6.07) is 18.4. The van der Waals surface area contributed by atoms with Crippen molar-refractivity contribution in [3.8, 4) is 0 Å². The third-order valence-corrected chi connectivity index (χ3v) is 3.63. The first-order valence-electron chi connectivity index (χ1n) is 6.18. The van der Waals surface area contributed by atoms with E-state index < -0.39 is 0 Å². The van der Waals surface area contributed by atoms with Crippen molar-refractivity contribution < 1.29 is 4.79 Å². The fourth-order valence-electron chi connectivity index (χ4n) is 2.63. The van der Waals surface area contributed by atoms with Crippen molar-refractivity contribution in [1.82, 2.24) is 0 Å². The summed E-state index contributed by atoms with van der Waals surface area (Å²) in [6.07, 6.45) is 0.553. The monoisotopic (exact) mass is 237 g/mol. The number of para-hydroxylation sites is 1. The first kappa shape index (κ1) is 11.0. The zero-order valence-corrected chi connectivity index (χ0v) is 10.3. The SMILES string of the molecule is CN1C(=O)CC(c2ccccc2)c2ccccc21. The van der Waals surface area contributed by atoms with Crippen LogP contribution in [0.2, 0.25) is 0 Å². The molecule has 2 heteroatoms. The van der Waals surface area contributed by atoms with Gasteiger partial charge in [-0.1, -0.05) is 48.5 Å². The van der Waals surface area contributed by atoms with E-state index in [1.807, 2.05) is 43.4 Å². The normalized spacial score (nSPS) is 18.6. The minimum atomic E-state index is 0.183. The second-order valence-electron chi connectivity index (χ2n) is 4.68. The van der Waals surface area contributed by atoms with Crippen LogP contribution < -0.4 is 4.90 Å². The van der Waals surface area contributed by atoms with Crippen LogP contribution >= 0.6 is 0 Å². The molecule has 2 nitrogen and oxygen atoms in total. The Labute approximate surface area is 107 Å². The molecule has 0 spiro atoms. The van der Waals surface area contributed by atoms with Crippen LogP contribution in [0.4, 0.5) is 5.69 Å². The van der Waals surface area contributed by atoms with E-state index in [-0.39, 0.29) is 11.8 Å². The molecule has 1 atom stereocenters. The van der Waals surface area contributed by atoms with Gasteiger partial charge in [0.1, 0.15) is 0 Å². The van der Waals surface area contributed by atoms with Gasteiger partial charge in [0.25, 0.3) is 0 Å². The van der Waals surface area contributed by atoms with Crippen LogP contribution in [0.15, 0.2) is 54.6 Å². The molecule has 2 aromatic carbocycles. The van der Waals surface area contributed by atoms with E-state index in [9.17, 15) is 4.79 Å². The molecule has 1 aliphatic rings. The standard InChI is InChI=1S/C16H15NO/c1-17-15-10-6-5-9-13(15)14(11-16(17)18)12-7-3-2-4-8-12/h2-10,14H,11H2,1H3. The van der Waals surface area contributed by atoms with Crippen molar-refractivity contribution in [2.24, 2.45) is 0 Å². The quantitative estimate of drug-likeness (QED) is 0.746. The number of carbonyl (C=O) groups excluding carboxylic acids is 1. The molecule has 1 aliphatic heterocycles. The average Bonchev–Trinajstić information content (AvgIpc) is 2.44. The Morgan fingerprint density at radius 2 is 1.67 bits per heavy atom. The molecule has 3 rings (SSSR count). The highest BCUT2D eigenvalue weighted by atomic mass is 16.2. The van der Waals surface area contributed by atoms with Gasteiger partial charge in [-0.05, 0) is 17.2 Å². The number of rotatable bonds is 1. The molecule has 0 bridgehead atoms. The Balaban J connectivity index is 2.13. The number of carbonyl (C=O) groups is 1. The molecule has 1 unspecified atom stereocenters. The lowest BCUT2D eigenvalue weighted by Crippen LogP contribution is -2.33. The Morgan fingerprint density at radius 3 is 2.44 bits per heavy atom. The smallest absolute Gasteiger partial charge is 0.227 e. The lowest BCUT2D eigenvalue weighted by atomic mass is 9.84. The van der Waals surface area contributed by atoms with Crippen LogP contribution in [0, 0.1) is 0 Å². The van der Waals surface area contributed by atoms with Crippen molar-refractivity contribution in [2.45, 2.75) is 12.3 Å². The molecule has 1 amide bonds. The molecule has 0 saturated heterocycles. The second-order valence-corrected chi connectivity index (χ2v) is 4.68. The van der Waals surface area contributed by atoms with Gasteiger partial charge >= 0.3 is 0 Å². The van der Waals surface area contributed by atoms with Crippen LogP contribution in [0.1, 0.15) is 23.5 Å². The summed E-state index contributed by atoms with van der Waals surface area (Å²) < 4.78 is 0. The minimum Gasteiger partial charge on any atom is -0.315 e. The van der Waals surface area contributed by atoms with Gasteiger partial charge in [-0.2, -0.15) is 0 Å². The summed E-state index contributed by atoms with van der Waals surface area (Å²) in [5.41, 5.74) is 3.49. The van der Waals surface area contributed by atoms with Gasteiger partial charge in [0.15, 0.2) is 0 Å². The van der Waals surface area contributed by atoms with Crippen LogP contribution in [0.25, 0.3) is 0 Å². The Morgan fingerprint density at radius 1 is 1.00 bits per heavy atom. The molecule has 0 fully saturated rings. The van der Waals surface area contributed by atoms with E-state index in [0.717, 1.165) is 5.69 Å². The van der Waals surface area contributed by atoms with Gasteiger partial charge in [-0.3, -0.25) is 4.79 Å². The molecule has 0 aliphatic carbocycles. The largest absolute Gasteiger partial charge is 0.315 e. The number of anilines is 1. The minimum absolute atomic E-state index is 0.183. The summed E-state index contributed by atoms with van der Waals surface area (Å²) in [4.78, 5) is 13.8. The third kappa shape index (κ3) is 1.70. The van der Waals surface area contributed by atoms with Gasteiger partial charge in [-0.25, -0.2) is 0 Å². The number of fused-ring (bicyclic) bond motifs is 1. The van der Waals surface area contributed by atoms with Crippen LogP contribution in [0.3, 0.4) is 0 Å². The molecular weight excluding hydrogens is 222 g/mol. The number of hydrogen-bond acceptors (Lipinski definition) is 1. The van der Waals surface area contributed by atoms with Gasteiger partial charge < -0.3 is 4.90 Å². The average molecular weight is 237 g/mol. The van der Waals surface area contributed by atoms with E-state index in [2.05, 4.69) is 18.2 Å². The van der Waals surface area contributed by atoms with Gasteiger partial charge in [-0.15, -0.1) is 0 Å². The summed E-state index contributed by atoms with van der Waals surface area (Å²) in [6.45, 7) is 0. The van der Waals surface area contributed by atoms with Gasteiger partial charge in [0, 0.05) is 25.1 Å². The van der Waals surface area contributed by atoms with E-state index in [1.54, 1.807) is 4.90 Å². The lowest BCUT2D eigenvalue weighted by molar-refractivity contribution is -0.118. The van der Waals surface area contributed by atoms with Crippen molar-refractivity contribution in [1.29, 1.82) is 0 Å². The van der Waals surface area contributed by atoms with E-state index >= 15 is 0 Å². The van der Waals surface area contributed by atoms with Crippen molar-refractivity contribution in [3.63, 3.8) is 0 Å². The maximum Gasteiger partial charge on any atom is 0.227 e. The molecule has 1 heterocycles. The van der Waals surface area contributed by atoms with Gasteiger partial charge in [0.2, 0.25) is 5.91 Å². The number of amides is 1. The van der Waals surface area contributed by atoms with E-state index in [0.29, 0.717) is 6.42 Å². The zero-order valence-electron chi connectivity index (χ0n) is 10.3. The van der Waals surface area contributed by atoms with Crippen molar-refractivity contribution >= 4 is 11.6 Å². The predicted octanol–water partition coefficient (Wildman–Crippen LogP) is 3.19. The Hall–Kier alpha value is -2.09. The highest BCUT2D eigenvalue weighted by Crippen LogP contribution is 2.38. The first-order chi connectivity index (χ1) is 8.77. The highest BCUT2D eigenvalue weighted by Gasteiger charge is 2.29. The van der Waals surface area contributed by atoms with Gasteiger partial charge in [0.05, 0.1) is 0 Å². The van der Waals surface area contributed by atoms with E-state index in [4.69, 9.17) is 0 Å². The maximum absolute atomic E-state index is 12.1. The lowest BCUT2D eigenvalue weighted by Gasteiger charge is -2.31. The summed E-state index contributed by atoms with van der Waals surface area (Å²) in [5.74, 6) is 0.369. The molecular formula is C16H15NO. The summed E-state index contributed by atoms with van der Waals surface area (Å²) in [7, 11) is 1.85. The summed E-state index contributed by atoms with van der Waals surface area (Å²) >= 11 is 0. The van der Waals surface area contributed by atoms with Crippen LogP contribution in [0.5, 0.6) is 0 Å². The van der Waals surface area contributed by atoms with Crippen LogP contribution in [-0.4, -0.2) is 13.0 Å². The third-order valence-electron chi connectivity index (χ3n) is 3.63. The predicted molar refractivity (Wildman–Crippen MR) is 72.8 cm³/mol. The molecule has 2 aromatic rings. The highest BCUT2D eigenvalue weighted by molar-refractivity contribution is 5.97. The molecule has 18 heavy (non-hydrogen) atoms. The topological polar surface area (TPSA) is 20.3 Å². The van der Waals surface area contributed by atoms with Crippen molar-refractivity contribution in [2.75, 3.05) is 11.9 Å². The molecule has 0 N–H and O–H groups in total. The number of hydrogen-bond donors (Lipinski definition) is 0. The van der Waals surface area contributed by atoms with Crippen molar-refractivity contribution in [3.05, 3.63) is 65.7 Å². The Bertz CT molecular complexity index is 577. The zero-order chi connectivity index (χ0) is 12.5. The molecule has 0 saturated carbocycles. The Kier molecular flexibility index (Phi) is 2.63. The number of benzene rings is 2. The molecule has 0 radical (unpaired) electrons. The maximum atomic E-state index is 12.1. The second kappa shape index (κ2) is 4.30. The fraction of sp³-hybridized carbons (Fsp3) is 0.188. The molecule has 0 aromatic heterocycles. The molecule has 90 valence electrons.